The molecule has 3 aromatic heterocycles. The van der Waals surface area contributed by atoms with E-state index in [2.05, 4.69) is 4.98 Å². The van der Waals surface area contributed by atoms with Crippen LogP contribution in [0.25, 0.3) is 5.65 Å². The third-order valence-corrected chi connectivity index (χ3v) is 4.53. The second-order valence-electron chi connectivity index (χ2n) is 6.48. The summed E-state index contributed by atoms with van der Waals surface area (Å²) in [5.41, 5.74) is 2.41. The lowest BCUT2D eigenvalue weighted by molar-refractivity contribution is 0.0486. The van der Waals surface area contributed by atoms with E-state index in [0.717, 1.165) is 36.4 Å². The molecule has 1 fully saturated rings. The third kappa shape index (κ3) is 3.30. The van der Waals surface area contributed by atoms with Gasteiger partial charge >= 0.3 is 0 Å². The number of aromatic nitrogens is 2. The van der Waals surface area contributed by atoms with Crippen molar-refractivity contribution in [3.05, 3.63) is 59.9 Å². The van der Waals surface area contributed by atoms with Crippen molar-refractivity contribution in [3.8, 4) is 0 Å². The second kappa shape index (κ2) is 6.72. The number of fused-ring (bicyclic) bond motifs is 1. The summed E-state index contributed by atoms with van der Waals surface area (Å²) in [6.45, 7) is 3.74. The summed E-state index contributed by atoms with van der Waals surface area (Å²) < 4.78 is 13.0. The standard InChI is InChI=1S/C19H21N3O3/c1-14-6-7-18-20-10-17(22(18)11-14)19(23)21(12-15-4-2-8-24-15)13-16-5-3-9-25-16/h2,4,6-8,10-11,16H,3,5,9,12-13H2,1H3/t16-/m1/s1. The number of pyridine rings is 1. The molecule has 0 aromatic carbocycles. The van der Waals surface area contributed by atoms with Gasteiger partial charge in [0.25, 0.3) is 5.91 Å². The van der Waals surface area contributed by atoms with E-state index in [9.17, 15) is 4.79 Å². The molecule has 4 heterocycles. The molecule has 0 saturated carbocycles. The molecule has 0 bridgehead atoms. The maximum atomic E-state index is 13.2. The first-order valence-corrected chi connectivity index (χ1v) is 8.58. The van der Waals surface area contributed by atoms with Gasteiger partial charge in [-0.05, 0) is 43.5 Å². The topological polar surface area (TPSA) is 60.0 Å². The molecule has 130 valence electrons. The van der Waals surface area contributed by atoms with Crippen LogP contribution in [0.4, 0.5) is 0 Å². The highest BCUT2D eigenvalue weighted by Gasteiger charge is 2.26. The van der Waals surface area contributed by atoms with Gasteiger partial charge in [0.15, 0.2) is 0 Å². The van der Waals surface area contributed by atoms with Gasteiger partial charge in [0.1, 0.15) is 17.1 Å². The van der Waals surface area contributed by atoms with Gasteiger partial charge in [-0.1, -0.05) is 6.07 Å². The molecule has 0 aliphatic carbocycles. The zero-order valence-electron chi connectivity index (χ0n) is 14.2. The van der Waals surface area contributed by atoms with Gasteiger partial charge in [0.05, 0.1) is 25.1 Å². The van der Waals surface area contributed by atoms with Crippen molar-refractivity contribution in [2.75, 3.05) is 13.2 Å². The summed E-state index contributed by atoms with van der Waals surface area (Å²) in [6, 6.07) is 7.63. The Morgan fingerprint density at radius 2 is 2.32 bits per heavy atom. The van der Waals surface area contributed by atoms with Crippen molar-refractivity contribution in [2.24, 2.45) is 0 Å². The van der Waals surface area contributed by atoms with E-state index in [1.807, 2.05) is 41.8 Å². The summed E-state index contributed by atoms with van der Waals surface area (Å²) >= 11 is 0. The molecule has 0 spiro atoms. The molecular formula is C19H21N3O3. The molecule has 6 nitrogen and oxygen atoms in total. The van der Waals surface area contributed by atoms with E-state index in [1.54, 1.807) is 17.4 Å². The minimum absolute atomic E-state index is 0.0648. The predicted molar refractivity (Wildman–Crippen MR) is 92.4 cm³/mol. The van der Waals surface area contributed by atoms with Crippen molar-refractivity contribution in [3.63, 3.8) is 0 Å². The second-order valence-corrected chi connectivity index (χ2v) is 6.48. The van der Waals surface area contributed by atoms with Gasteiger partial charge in [-0.15, -0.1) is 0 Å². The molecule has 3 aromatic rings. The lowest BCUT2D eigenvalue weighted by Crippen LogP contribution is -2.37. The van der Waals surface area contributed by atoms with Gasteiger partial charge < -0.3 is 14.1 Å². The first-order valence-electron chi connectivity index (χ1n) is 8.58. The van der Waals surface area contributed by atoms with Gasteiger partial charge in [-0.3, -0.25) is 9.20 Å². The number of nitrogens with zero attached hydrogens (tertiary/aromatic N) is 3. The van der Waals surface area contributed by atoms with E-state index in [1.165, 1.54) is 0 Å². The Morgan fingerprint density at radius 1 is 1.40 bits per heavy atom. The number of hydrogen-bond acceptors (Lipinski definition) is 4. The number of ether oxygens (including phenoxy) is 1. The van der Waals surface area contributed by atoms with Crippen LogP contribution in [0.5, 0.6) is 0 Å². The van der Waals surface area contributed by atoms with Gasteiger partial charge in [0, 0.05) is 19.3 Å². The molecule has 25 heavy (non-hydrogen) atoms. The highest BCUT2D eigenvalue weighted by molar-refractivity contribution is 5.93. The molecule has 0 radical (unpaired) electrons. The van der Waals surface area contributed by atoms with Crippen LogP contribution in [0, 0.1) is 6.92 Å². The van der Waals surface area contributed by atoms with Crippen LogP contribution in [0.2, 0.25) is 0 Å². The SMILES string of the molecule is Cc1ccc2ncc(C(=O)N(Cc3ccco3)C[C@H]3CCCO3)n2c1. The Hall–Kier alpha value is -2.60. The minimum atomic E-state index is -0.0648. The average Bonchev–Trinajstić information content (AvgIpc) is 3.35. The van der Waals surface area contributed by atoms with Gasteiger partial charge in [-0.25, -0.2) is 4.98 Å². The zero-order valence-corrected chi connectivity index (χ0v) is 14.2. The molecular weight excluding hydrogens is 318 g/mol. The summed E-state index contributed by atoms with van der Waals surface area (Å²) in [7, 11) is 0. The lowest BCUT2D eigenvalue weighted by Gasteiger charge is -2.24. The number of furan rings is 1. The summed E-state index contributed by atoms with van der Waals surface area (Å²) in [5, 5.41) is 0. The van der Waals surface area contributed by atoms with Gasteiger partial charge in [0.2, 0.25) is 0 Å². The van der Waals surface area contributed by atoms with Crippen LogP contribution in [0.15, 0.2) is 47.3 Å². The van der Waals surface area contributed by atoms with Crippen molar-refractivity contribution < 1.29 is 13.9 Å². The minimum Gasteiger partial charge on any atom is -0.467 e. The van der Waals surface area contributed by atoms with Crippen LogP contribution in [-0.4, -0.2) is 39.4 Å². The fraction of sp³-hybridized carbons (Fsp3) is 0.368. The smallest absolute Gasteiger partial charge is 0.272 e. The van der Waals surface area contributed by atoms with Crippen molar-refractivity contribution >= 4 is 11.6 Å². The number of carbonyl (C=O) groups excluding carboxylic acids is 1. The average molecular weight is 339 g/mol. The number of carbonyl (C=O) groups is 1. The summed E-state index contributed by atoms with van der Waals surface area (Å²) in [4.78, 5) is 19.4. The van der Waals surface area contributed by atoms with Gasteiger partial charge in [-0.2, -0.15) is 0 Å². The predicted octanol–water partition coefficient (Wildman–Crippen LogP) is 3.06. The fourth-order valence-corrected chi connectivity index (χ4v) is 3.25. The molecule has 0 N–H and O–H groups in total. The Kier molecular flexibility index (Phi) is 4.28. The highest BCUT2D eigenvalue weighted by atomic mass is 16.5. The third-order valence-electron chi connectivity index (χ3n) is 4.53. The number of hydrogen-bond donors (Lipinski definition) is 0. The van der Waals surface area contributed by atoms with Crippen LogP contribution >= 0.6 is 0 Å². The quantitative estimate of drug-likeness (QED) is 0.717. The van der Waals surface area contributed by atoms with E-state index in [0.29, 0.717) is 18.8 Å². The van der Waals surface area contributed by atoms with Crippen LogP contribution in [0.3, 0.4) is 0 Å². The molecule has 1 aliphatic rings. The maximum Gasteiger partial charge on any atom is 0.272 e. The molecule has 6 heteroatoms. The Labute approximate surface area is 146 Å². The normalized spacial score (nSPS) is 17.2. The first-order chi connectivity index (χ1) is 12.2. The van der Waals surface area contributed by atoms with Crippen molar-refractivity contribution in [2.45, 2.75) is 32.4 Å². The van der Waals surface area contributed by atoms with E-state index < -0.39 is 0 Å². The Balaban J connectivity index is 1.64. The zero-order chi connectivity index (χ0) is 17.2. The summed E-state index contributed by atoms with van der Waals surface area (Å²) in [5.74, 6) is 0.696. The van der Waals surface area contributed by atoms with E-state index in [4.69, 9.17) is 9.15 Å². The maximum absolute atomic E-state index is 13.2. The lowest BCUT2D eigenvalue weighted by atomic mass is 10.2. The molecule has 4 rings (SSSR count). The number of rotatable bonds is 5. The van der Waals surface area contributed by atoms with Crippen LogP contribution in [-0.2, 0) is 11.3 Å². The largest absolute Gasteiger partial charge is 0.467 e. The molecule has 1 atom stereocenters. The van der Waals surface area contributed by atoms with E-state index in [-0.39, 0.29) is 12.0 Å². The Morgan fingerprint density at radius 3 is 3.08 bits per heavy atom. The molecule has 1 amide bonds. The first kappa shape index (κ1) is 15.9. The number of amides is 1. The molecule has 1 saturated heterocycles. The highest BCUT2D eigenvalue weighted by Crippen LogP contribution is 2.18. The van der Waals surface area contributed by atoms with Crippen LogP contribution < -0.4 is 0 Å². The molecule has 0 unspecified atom stereocenters. The number of imidazole rings is 1. The van der Waals surface area contributed by atoms with E-state index >= 15 is 0 Å². The van der Waals surface area contributed by atoms with Crippen molar-refractivity contribution in [1.29, 1.82) is 0 Å². The van der Waals surface area contributed by atoms with Crippen LogP contribution in [0.1, 0.15) is 34.7 Å². The number of aryl methyl sites for hydroxylation is 1. The fourth-order valence-electron chi connectivity index (χ4n) is 3.25. The Bertz CT molecular complexity index is 863. The summed E-state index contributed by atoms with van der Waals surface area (Å²) in [6.07, 6.45) is 7.31. The monoisotopic (exact) mass is 339 g/mol. The molecule has 1 aliphatic heterocycles. The van der Waals surface area contributed by atoms with Crippen molar-refractivity contribution in [1.82, 2.24) is 14.3 Å².